The largest absolute Gasteiger partial charge is 0.372 e. The fraction of sp³-hybridized carbons (Fsp3) is 0.381. The average Bonchev–Trinajstić information content (AvgIpc) is 3.17. The Morgan fingerprint density at radius 1 is 1.00 bits per heavy atom. The lowest BCUT2D eigenvalue weighted by Crippen LogP contribution is -2.35. The Balaban J connectivity index is 0.00000261. The van der Waals surface area contributed by atoms with Crippen molar-refractivity contribution in [2.24, 2.45) is 5.73 Å². The SMILES string of the molecule is Cl.NC[C@H]1CC[C@@H](C(=O)NCc2ccc(COCc3ccccc3)cc2)O1. The summed E-state index contributed by atoms with van der Waals surface area (Å²) in [5.74, 6) is -0.0591. The van der Waals surface area contributed by atoms with Gasteiger partial charge in [0.25, 0.3) is 0 Å². The van der Waals surface area contributed by atoms with Crippen LogP contribution < -0.4 is 11.1 Å². The second-order valence-electron chi connectivity index (χ2n) is 6.57. The Morgan fingerprint density at radius 3 is 2.26 bits per heavy atom. The van der Waals surface area contributed by atoms with Crippen LogP contribution in [-0.4, -0.2) is 24.7 Å². The molecule has 0 aliphatic carbocycles. The zero-order valence-corrected chi connectivity index (χ0v) is 16.1. The van der Waals surface area contributed by atoms with Gasteiger partial charge in [0.2, 0.25) is 5.91 Å². The average molecular weight is 391 g/mol. The lowest BCUT2D eigenvalue weighted by molar-refractivity contribution is -0.132. The van der Waals surface area contributed by atoms with Crippen LogP contribution in [0, 0.1) is 0 Å². The first-order chi connectivity index (χ1) is 12.7. The number of amides is 1. The van der Waals surface area contributed by atoms with Crippen LogP contribution in [0.1, 0.15) is 29.5 Å². The number of rotatable bonds is 8. The fourth-order valence-corrected chi connectivity index (χ4v) is 2.99. The van der Waals surface area contributed by atoms with E-state index in [9.17, 15) is 4.79 Å². The van der Waals surface area contributed by atoms with Gasteiger partial charge in [-0.15, -0.1) is 12.4 Å². The topological polar surface area (TPSA) is 73.6 Å². The van der Waals surface area contributed by atoms with Crippen molar-refractivity contribution in [2.75, 3.05) is 6.54 Å². The highest BCUT2D eigenvalue weighted by atomic mass is 35.5. The molecule has 3 rings (SSSR count). The smallest absolute Gasteiger partial charge is 0.249 e. The Morgan fingerprint density at radius 2 is 1.63 bits per heavy atom. The number of ether oxygens (including phenoxy) is 2. The Labute approximate surface area is 166 Å². The van der Waals surface area contributed by atoms with Gasteiger partial charge in [-0.1, -0.05) is 54.6 Å². The number of carbonyl (C=O) groups is 1. The molecule has 1 amide bonds. The predicted molar refractivity (Wildman–Crippen MR) is 107 cm³/mol. The minimum Gasteiger partial charge on any atom is -0.372 e. The maximum absolute atomic E-state index is 12.1. The summed E-state index contributed by atoms with van der Waals surface area (Å²) in [7, 11) is 0. The number of nitrogens with one attached hydrogen (secondary N) is 1. The minimum atomic E-state index is -0.366. The molecule has 1 aliphatic heterocycles. The zero-order valence-electron chi connectivity index (χ0n) is 15.3. The standard InChI is InChI=1S/C21H26N2O3.ClH/c22-12-19-10-11-20(26-19)21(24)23-13-16-6-8-18(9-7-16)15-25-14-17-4-2-1-3-5-17;/h1-9,19-20H,10-15,22H2,(H,23,24);1H/t19-,20+;/m1./s1. The van der Waals surface area contributed by atoms with Crippen LogP contribution >= 0.6 is 12.4 Å². The highest BCUT2D eigenvalue weighted by Gasteiger charge is 2.29. The number of halogens is 1. The number of carbonyl (C=O) groups excluding carboxylic acids is 1. The zero-order chi connectivity index (χ0) is 18.2. The molecule has 27 heavy (non-hydrogen) atoms. The van der Waals surface area contributed by atoms with Crippen LogP contribution in [0.25, 0.3) is 0 Å². The molecular formula is C21H27ClN2O3. The molecule has 0 unspecified atom stereocenters. The lowest BCUT2D eigenvalue weighted by Gasteiger charge is -2.13. The first kappa shape index (κ1) is 21.4. The van der Waals surface area contributed by atoms with Crippen LogP contribution in [0.2, 0.25) is 0 Å². The van der Waals surface area contributed by atoms with Gasteiger partial charge in [-0.3, -0.25) is 4.79 Å². The van der Waals surface area contributed by atoms with E-state index >= 15 is 0 Å². The van der Waals surface area contributed by atoms with Gasteiger partial charge in [-0.25, -0.2) is 0 Å². The van der Waals surface area contributed by atoms with Crippen molar-refractivity contribution in [1.29, 1.82) is 0 Å². The van der Waals surface area contributed by atoms with Gasteiger partial charge in [-0.05, 0) is 29.5 Å². The second kappa shape index (κ2) is 11.0. The van der Waals surface area contributed by atoms with Crippen molar-refractivity contribution in [3.8, 4) is 0 Å². The minimum absolute atomic E-state index is 0. The molecule has 6 heteroatoms. The summed E-state index contributed by atoms with van der Waals surface area (Å²) < 4.78 is 11.3. The summed E-state index contributed by atoms with van der Waals surface area (Å²) in [6.07, 6.45) is 1.24. The molecule has 3 N–H and O–H groups in total. The molecule has 0 bridgehead atoms. The molecule has 5 nitrogen and oxygen atoms in total. The summed E-state index contributed by atoms with van der Waals surface area (Å²) >= 11 is 0. The predicted octanol–water partition coefficient (Wildman–Crippen LogP) is 2.95. The monoisotopic (exact) mass is 390 g/mol. The third-order valence-electron chi connectivity index (χ3n) is 4.53. The van der Waals surface area contributed by atoms with E-state index in [1.54, 1.807) is 0 Å². The normalized spacial score (nSPS) is 18.7. The molecule has 1 saturated heterocycles. The molecule has 0 radical (unpaired) electrons. The van der Waals surface area contributed by atoms with Crippen molar-refractivity contribution in [3.05, 3.63) is 71.3 Å². The van der Waals surface area contributed by atoms with Crippen molar-refractivity contribution < 1.29 is 14.3 Å². The molecule has 0 spiro atoms. The Kier molecular flexibility index (Phi) is 8.75. The van der Waals surface area contributed by atoms with Gasteiger partial charge in [-0.2, -0.15) is 0 Å². The van der Waals surface area contributed by atoms with Crippen molar-refractivity contribution in [1.82, 2.24) is 5.32 Å². The number of hydrogen-bond donors (Lipinski definition) is 2. The maximum Gasteiger partial charge on any atom is 0.249 e. The summed E-state index contributed by atoms with van der Waals surface area (Å²) in [6, 6.07) is 18.2. The van der Waals surface area contributed by atoms with E-state index in [1.165, 1.54) is 0 Å². The molecule has 2 aromatic rings. The molecule has 2 atom stereocenters. The Bertz CT molecular complexity index is 694. The molecule has 1 heterocycles. The summed E-state index contributed by atoms with van der Waals surface area (Å²) in [6.45, 7) is 2.14. The van der Waals surface area contributed by atoms with E-state index in [-0.39, 0.29) is 30.5 Å². The van der Waals surface area contributed by atoms with E-state index in [1.807, 2.05) is 42.5 Å². The first-order valence-electron chi connectivity index (χ1n) is 9.07. The third kappa shape index (κ3) is 6.63. The molecule has 146 valence electrons. The summed E-state index contributed by atoms with van der Waals surface area (Å²) in [4.78, 5) is 12.1. The van der Waals surface area contributed by atoms with Crippen molar-refractivity contribution in [3.63, 3.8) is 0 Å². The van der Waals surface area contributed by atoms with Gasteiger partial charge in [0, 0.05) is 13.1 Å². The number of hydrogen-bond acceptors (Lipinski definition) is 4. The third-order valence-corrected chi connectivity index (χ3v) is 4.53. The number of benzene rings is 2. The quantitative estimate of drug-likeness (QED) is 0.726. The molecule has 2 aromatic carbocycles. The van der Waals surface area contributed by atoms with Gasteiger partial charge in [0.1, 0.15) is 6.10 Å². The van der Waals surface area contributed by atoms with Gasteiger partial charge in [0.15, 0.2) is 0 Å². The summed E-state index contributed by atoms with van der Waals surface area (Å²) in [5.41, 5.74) is 8.91. The molecule has 1 fully saturated rings. The molecule has 0 saturated carbocycles. The highest BCUT2D eigenvalue weighted by Crippen LogP contribution is 2.19. The van der Waals surface area contributed by atoms with Crippen LogP contribution in [0.4, 0.5) is 0 Å². The van der Waals surface area contributed by atoms with Crippen LogP contribution in [0.3, 0.4) is 0 Å². The van der Waals surface area contributed by atoms with E-state index < -0.39 is 0 Å². The van der Waals surface area contributed by atoms with Crippen LogP contribution in [0.5, 0.6) is 0 Å². The maximum atomic E-state index is 12.1. The summed E-state index contributed by atoms with van der Waals surface area (Å²) in [5, 5.41) is 2.93. The van der Waals surface area contributed by atoms with Crippen LogP contribution in [-0.2, 0) is 34.0 Å². The molecule has 0 aromatic heterocycles. The van der Waals surface area contributed by atoms with Gasteiger partial charge in [0.05, 0.1) is 19.3 Å². The van der Waals surface area contributed by atoms with Crippen molar-refractivity contribution >= 4 is 18.3 Å². The number of nitrogens with two attached hydrogens (primary N) is 1. The van der Waals surface area contributed by atoms with Gasteiger partial charge < -0.3 is 20.5 Å². The van der Waals surface area contributed by atoms with Crippen molar-refractivity contribution in [2.45, 2.75) is 44.8 Å². The van der Waals surface area contributed by atoms with E-state index in [4.69, 9.17) is 15.2 Å². The van der Waals surface area contributed by atoms with Gasteiger partial charge >= 0.3 is 0 Å². The highest BCUT2D eigenvalue weighted by molar-refractivity contribution is 5.85. The second-order valence-corrected chi connectivity index (χ2v) is 6.57. The molecule has 1 aliphatic rings. The van der Waals surface area contributed by atoms with Crippen LogP contribution in [0.15, 0.2) is 54.6 Å². The molecular weight excluding hydrogens is 364 g/mol. The van der Waals surface area contributed by atoms with E-state index in [0.717, 1.165) is 29.5 Å². The van der Waals surface area contributed by atoms with E-state index in [2.05, 4.69) is 17.4 Å². The first-order valence-corrected chi connectivity index (χ1v) is 9.07. The lowest BCUT2D eigenvalue weighted by atomic mass is 10.1. The fourth-order valence-electron chi connectivity index (χ4n) is 2.99. The van der Waals surface area contributed by atoms with E-state index in [0.29, 0.717) is 26.3 Å². The Hall–Kier alpha value is -1.92.